The second-order valence-electron chi connectivity index (χ2n) is 3.55. The number of amides is 1. The van der Waals surface area contributed by atoms with Gasteiger partial charge in [-0.3, -0.25) is 4.79 Å². The number of carbonyl (C=O) groups is 1. The second kappa shape index (κ2) is 6.18. The molecule has 1 heterocycles. The Morgan fingerprint density at radius 1 is 1.45 bits per heavy atom. The van der Waals surface area contributed by atoms with Crippen LogP contribution in [0.1, 0.15) is 10.4 Å². The Morgan fingerprint density at radius 2 is 2.10 bits per heavy atom. The van der Waals surface area contributed by atoms with Crippen molar-refractivity contribution in [2.24, 2.45) is 0 Å². The molecular weight excluding hydrogens is 301 g/mol. The Labute approximate surface area is 112 Å². The van der Waals surface area contributed by atoms with E-state index < -0.39 is 31.8 Å². The monoisotopic (exact) mass is 312 g/mol. The first-order valence-electron chi connectivity index (χ1n) is 5.25. The summed E-state index contributed by atoms with van der Waals surface area (Å²) in [5.74, 6) is -0.974. The van der Waals surface area contributed by atoms with Crippen LogP contribution in [0.2, 0.25) is 0 Å². The Balaban J connectivity index is 3.16. The van der Waals surface area contributed by atoms with Crippen molar-refractivity contribution in [1.82, 2.24) is 10.3 Å². The first-order chi connectivity index (χ1) is 9.21. The summed E-state index contributed by atoms with van der Waals surface area (Å²) in [7, 11) is -4.32. The van der Waals surface area contributed by atoms with Crippen LogP contribution in [-0.2, 0) is 14.6 Å². The van der Waals surface area contributed by atoms with Crippen LogP contribution in [-0.4, -0.2) is 45.1 Å². The molecule has 20 heavy (non-hydrogen) atoms. The molecule has 0 atom stereocenters. The van der Waals surface area contributed by atoms with Gasteiger partial charge < -0.3 is 10.1 Å². The van der Waals surface area contributed by atoms with Gasteiger partial charge >= 0.3 is 5.51 Å². The number of hydrogen-bond donors (Lipinski definition) is 1. The maximum absolute atomic E-state index is 12.5. The summed E-state index contributed by atoms with van der Waals surface area (Å²) in [6, 6.07) is 2.12. The van der Waals surface area contributed by atoms with Crippen molar-refractivity contribution in [3.8, 4) is 0 Å². The van der Waals surface area contributed by atoms with Crippen molar-refractivity contribution in [2.75, 3.05) is 20.3 Å². The molecule has 0 radical (unpaired) electrons. The number of ether oxygens (including phenoxy) is 1. The predicted octanol–water partition coefficient (Wildman–Crippen LogP) is 0.751. The molecule has 0 aliphatic rings. The molecule has 10 heteroatoms. The van der Waals surface area contributed by atoms with Crippen molar-refractivity contribution in [3.63, 3.8) is 0 Å². The lowest BCUT2D eigenvalue weighted by Gasteiger charge is -2.11. The van der Waals surface area contributed by atoms with Crippen LogP contribution in [0, 0.1) is 0 Å². The van der Waals surface area contributed by atoms with E-state index in [0.717, 1.165) is 12.3 Å². The fraction of sp³-hybridized carbons (Fsp3) is 0.400. The lowest BCUT2D eigenvalue weighted by molar-refractivity contribution is -0.0438. The fourth-order valence-corrected chi connectivity index (χ4v) is 2.12. The highest BCUT2D eigenvalue weighted by Crippen LogP contribution is 2.30. The van der Waals surface area contributed by atoms with E-state index in [1.54, 1.807) is 0 Å². The molecule has 6 nitrogen and oxygen atoms in total. The Kier molecular flexibility index (Phi) is 5.06. The van der Waals surface area contributed by atoms with E-state index >= 15 is 0 Å². The molecule has 0 aliphatic heterocycles. The molecule has 0 aromatic carbocycles. The van der Waals surface area contributed by atoms with Gasteiger partial charge in [-0.25, -0.2) is 13.4 Å². The zero-order valence-corrected chi connectivity index (χ0v) is 11.1. The highest BCUT2D eigenvalue weighted by molar-refractivity contribution is 7.92. The summed E-state index contributed by atoms with van der Waals surface area (Å²) in [5.41, 5.74) is -6.19. The largest absolute Gasteiger partial charge is 0.503 e. The standard InChI is InChI=1S/C10H11F3N2O4S/c1-19-6-5-14-8(16)7-3-2-4-15-9(7)20(17,18)10(11,12)13/h2-4H,5-6H2,1H3,(H,14,16). The van der Waals surface area contributed by atoms with Gasteiger partial charge in [0.1, 0.15) is 0 Å². The van der Waals surface area contributed by atoms with Crippen LogP contribution in [0.15, 0.2) is 23.4 Å². The normalized spacial score (nSPS) is 12.2. The van der Waals surface area contributed by atoms with Gasteiger partial charge in [-0.15, -0.1) is 0 Å². The minimum Gasteiger partial charge on any atom is -0.383 e. The Bertz CT molecular complexity index is 586. The molecule has 112 valence electrons. The van der Waals surface area contributed by atoms with Gasteiger partial charge in [-0.1, -0.05) is 0 Å². The van der Waals surface area contributed by atoms with Gasteiger partial charge in [0.25, 0.3) is 15.7 Å². The van der Waals surface area contributed by atoms with Crippen molar-refractivity contribution in [1.29, 1.82) is 0 Å². The van der Waals surface area contributed by atoms with Crippen LogP contribution in [0.3, 0.4) is 0 Å². The Morgan fingerprint density at radius 3 is 2.65 bits per heavy atom. The van der Waals surface area contributed by atoms with Crippen LogP contribution in [0.5, 0.6) is 0 Å². The summed E-state index contributed by atoms with van der Waals surface area (Å²) >= 11 is 0. The van der Waals surface area contributed by atoms with E-state index in [0.29, 0.717) is 0 Å². The maximum atomic E-state index is 12.5. The predicted molar refractivity (Wildman–Crippen MR) is 61.7 cm³/mol. The highest BCUT2D eigenvalue weighted by Gasteiger charge is 2.49. The number of pyridine rings is 1. The molecule has 1 amide bonds. The number of methoxy groups -OCH3 is 1. The van der Waals surface area contributed by atoms with E-state index in [4.69, 9.17) is 0 Å². The molecule has 1 aromatic heterocycles. The highest BCUT2D eigenvalue weighted by atomic mass is 32.2. The zero-order valence-electron chi connectivity index (χ0n) is 10.3. The molecule has 0 aliphatic carbocycles. The van der Waals surface area contributed by atoms with E-state index in [9.17, 15) is 26.4 Å². The molecule has 0 bridgehead atoms. The second-order valence-corrected chi connectivity index (χ2v) is 5.41. The van der Waals surface area contributed by atoms with Crippen molar-refractivity contribution < 1.29 is 31.1 Å². The molecule has 1 aromatic rings. The number of alkyl halides is 3. The van der Waals surface area contributed by atoms with Crippen LogP contribution >= 0.6 is 0 Å². The molecule has 0 spiro atoms. The maximum Gasteiger partial charge on any atom is 0.503 e. The van der Waals surface area contributed by atoms with Crippen molar-refractivity contribution in [3.05, 3.63) is 23.9 Å². The SMILES string of the molecule is COCCNC(=O)c1cccnc1S(=O)(=O)C(F)(F)F. The summed E-state index contributed by atoms with van der Waals surface area (Å²) < 4.78 is 64.8. The van der Waals surface area contributed by atoms with E-state index in [2.05, 4.69) is 15.0 Å². The van der Waals surface area contributed by atoms with Gasteiger partial charge in [-0.05, 0) is 12.1 Å². The molecule has 0 unspecified atom stereocenters. The average Bonchev–Trinajstić information content (AvgIpc) is 2.37. The van der Waals surface area contributed by atoms with E-state index in [-0.39, 0.29) is 13.2 Å². The third-order valence-corrected chi connectivity index (χ3v) is 3.61. The van der Waals surface area contributed by atoms with Crippen molar-refractivity contribution >= 4 is 15.7 Å². The van der Waals surface area contributed by atoms with Crippen LogP contribution in [0.4, 0.5) is 13.2 Å². The van der Waals surface area contributed by atoms with Crippen LogP contribution in [0.25, 0.3) is 0 Å². The smallest absolute Gasteiger partial charge is 0.383 e. The molecular formula is C10H11F3N2O4S. The van der Waals surface area contributed by atoms with Crippen molar-refractivity contribution in [2.45, 2.75) is 10.5 Å². The first-order valence-corrected chi connectivity index (χ1v) is 6.73. The number of nitrogens with one attached hydrogen (secondary N) is 1. The quantitative estimate of drug-likeness (QED) is 0.811. The molecule has 0 saturated carbocycles. The third-order valence-electron chi connectivity index (χ3n) is 2.17. The van der Waals surface area contributed by atoms with Gasteiger partial charge in [0.15, 0.2) is 5.03 Å². The van der Waals surface area contributed by atoms with Gasteiger partial charge in [0, 0.05) is 19.9 Å². The van der Waals surface area contributed by atoms with Crippen LogP contribution < -0.4 is 5.32 Å². The van der Waals surface area contributed by atoms with E-state index in [1.165, 1.54) is 13.2 Å². The zero-order chi connectivity index (χ0) is 15.4. The molecule has 1 N–H and O–H groups in total. The number of nitrogens with zero attached hydrogens (tertiary/aromatic N) is 1. The first kappa shape index (κ1) is 16.4. The number of hydrogen-bond acceptors (Lipinski definition) is 5. The minimum atomic E-state index is -5.69. The summed E-state index contributed by atoms with van der Waals surface area (Å²) in [5, 5.41) is 0.911. The van der Waals surface area contributed by atoms with E-state index in [1.807, 2.05) is 0 Å². The average molecular weight is 312 g/mol. The van der Waals surface area contributed by atoms with Gasteiger partial charge in [-0.2, -0.15) is 13.2 Å². The summed E-state index contributed by atoms with van der Waals surface area (Å²) in [6.45, 7) is 0.156. The summed E-state index contributed by atoms with van der Waals surface area (Å²) in [6.07, 6.45) is 0.866. The summed E-state index contributed by atoms with van der Waals surface area (Å²) in [4.78, 5) is 14.8. The lowest BCUT2D eigenvalue weighted by Crippen LogP contribution is -2.31. The molecule has 0 fully saturated rings. The number of sulfone groups is 1. The van der Waals surface area contributed by atoms with Gasteiger partial charge in [0.2, 0.25) is 0 Å². The fourth-order valence-electron chi connectivity index (χ4n) is 1.25. The number of carbonyl (C=O) groups excluding carboxylic acids is 1. The lowest BCUT2D eigenvalue weighted by atomic mass is 10.2. The molecule has 1 rings (SSSR count). The van der Waals surface area contributed by atoms with Gasteiger partial charge in [0.05, 0.1) is 12.2 Å². The number of rotatable bonds is 5. The Hall–Kier alpha value is -1.68. The number of halogens is 3. The topological polar surface area (TPSA) is 85.4 Å². The third kappa shape index (κ3) is 3.45. The number of aromatic nitrogens is 1. The minimum absolute atomic E-state index is 0.0235. The molecule has 0 saturated heterocycles.